The summed E-state index contributed by atoms with van der Waals surface area (Å²) >= 11 is 0. The number of halogens is 3. The van der Waals surface area contributed by atoms with Crippen molar-refractivity contribution >= 4 is 5.91 Å². The van der Waals surface area contributed by atoms with Crippen molar-refractivity contribution in [2.75, 3.05) is 13.1 Å². The number of hydrogen-bond acceptors (Lipinski definition) is 3. The van der Waals surface area contributed by atoms with E-state index in [4.69, 9.17) is 5.73 Å². The molecule has 4 nitrogen and oxygen atoms in total. The Balaban J connectivity index is 1.98. The van der Waals surface area contributed by atoms with Gasteiger partial charge in [0.2, 0.25) is 5.91 Å². The Labute approximate surface area is 127 Å². The van der Waals surface area contributed by atoms with E-state index in [1.54, 1.807) is 17.0 Å². The lowest BCUT2D eigenvalue weighted by atomic mass is 10.1. The summed E-state index contributed by atoms with van der Waals surface area (Å²) in [4.78, 5) is 13.9. The molecule has 2 rings (SSSR count). The summed E-state index contributed by atoms with van der Waals surface area (Å²) in [7, 11) is 0. The number of rotatable bonds is 5. The number of amides is 1. The summed E-state index contributed by atoms with van der Waals surface area (Å²) in [6.45, 7) is 1.08. The molecule has 1 heterocycles. The SMILES string of the molecule is NC[C@H]1CCCN1C(=O)CCc1ccccc1OC(F)(F)F. The molecule has 1 aromatic carbocycles. The van der Waals surface area contributed by atoms with Gasteiger partial charge in [-0.25, -0.2) is 0 Å². The predicted molar refractivity (Wildman–Crippen MR) is 75.2 cm³/mol. The van der Waals surface area contributed by atoms with Crippen LogP contribution in [-0.2, 0) is 11.2 Å². The summed E-state index contributed by atoms with van der Waals surface area (Å²) in [5, 5.41) is 0. The Morgan fingerprint density at radius 2 is 2.09 bits per heavy atom. The topological polar surface area (TPSA) is 55.6 Å². The molecular weight excluding hydrogens is 297 g/mol. The molecule has 1 fully saturated rings. The Hall–Kier alpha value is -1.76. The van der Waals surface area contributed by atoms with Gasteiger partial charge in [0.1, 0.15) is 5.75 Å². The van der Waals surface area contributed by atoms with Gasteiger partial charge in [0.15, 0.2) is 0 Å². The fourth-order valence-electron chi connectivity index (χ4n) is 2.73. The highest BCUT2D eigenvalue weighted by Gasteiger charge is 2.32. The van der Waals surface area contributed by atoms with Crippen LogP contribution in [0.1, 0.15) is 24.8 Å². The van der Waals surface area contributed by atoms with Crippen LogP contribution in [-0.4, -0.2) is 36.3 Å². The van der Waals surface area contributed by atoms with Crippen LogP contribution in [0, 0.1) is 0 Å². The molecule has 7 heteroatoms. The van der Waals surface area contributed by atoms with Gasteiger partial charge in [-0.05, 0) is 30.9 Å². The van der Waals surface area contributed by atoms with Gasteiger partial charge in [0.05, 0.1) is 0 Å². The van der Waals surface area contributed by atoms with Gasteiger partial charge in [-0.2, -0.15) is 0 Å². The number of benzene rings is 1. The van der Waals surface area contributed by atoms with Crippen molar-refractivity contribution in [3.63, 3.8) is 0 Å². The van der Waals surface area contributed by atoms with E-state index in [9.17, 15) is 18.0 Å². The fraction of sp³-hybridized carbons (Fsp3) is 0.533. The van der Waals surface area contributed by atoms with Crippen molar-refractivity contribution in [2.24, 2.45) is 5.73 Å². The third kappa shape index (κ3) is 4.37. The van der Waals surface area contributed by atoms with E-state index in [0.29, 0.717) is 18.7 Å². The third-order valence-electron chi connectivity index (χ3n) is 3.78. The van der Waals surface area contributed by atoms with E-state index in [2.05, 4.69) is 4.74 Å². The lowest BCUT2D eigenvalue weighted by Crippen LogP contribution is -2.40. The minimum Gasteiger partial charge on any atom is -0.406 e. The number of hydrogen-bond donors (Lipinski definition) is 1. The standard InChI is InChI=1S/C15H19F3N2O2/c16-15(17,18)22-13-6-2-1-4-11(13)7-8-14(21)20-9-3-5-12(20)10-19/h1-2,4,6,12H,3,5,7-10,19H2/t12-/m1/s1. The van der Waals surface area contributed by atoms with Crippen molar-refractivity contribution in [3.05, 3.63) is 29.8 Å². The second-order valence-electron chi connectivity index (χ2n) is 5.27. The molecule has 1 aliphatic rings. The molecule has 0 saturated carbocycles. The van der Waals surface area contributed by atoms with Gasteiger partial charge >= 0.3 is 6.36 Å². The van der Waals surface area contributed by atoms with Crippen molar-refractivity contribution < 1.29 is 22.7 Å². The molecule has 1 aromatic rings. The molecule has 0 spiro atoms. The highest BCUT2D eigenvalue weighted by atomic mass is 19.4. The molecule has 1 saturated heterocycles. The lowest BCUT2D eigenvalue weighted by molar-refractivity contribution is -0.274. The highest BCUT2D eigenvalue weighted by Crippen LogP contribution is 2.27. The van der Waals surface area contributed by atoms with Crippen molar-refractivity contribution in [1.29, 1.82) is 0 Å². The number of carbonyl (C=O) groups is 1. The van der Waals surface area contributed by atoms with Gasteiger partial charge in [-0.3, -0.25) is 4.79 Å². The first-order chi connectivity index (χ1) is 10.4. The molecule has 0 bridgehead atoms. The van der Waals surface area contributed by atoms with E-state index in [0.717, 1.165) is 12.8 Å². The number of nitrogens with two attached hydrogens (primary N) is 1. The minimum absolute atomic E-state index is 0.0502. The average molecular weight is 316 g/mol. The molecule has 22 heavy (non-hydrogen) atoms. The van der Waals surface area contributed by atoms with Crippen LogP contribution in [0.15, 0.2) is 24.3 Å². The van der Waals surface area contributed by atoms with Crippen molar-refractivity contribution in [3.8, 4) is 5.75 Å². The van der Waals surface area contributed by atoms with E-state index in [1.165, 1.54) is 12.1 Å². The van der Waals surface area contributed by atoms with E-state index < -0.39 is 6.36 Å². The van der Waals surface area contributed by atoms with Gasteiger partial charge in [0, 0.05) is 25.6 Å². The van der Waals surface area contributed by atoms with Crippen LogP contribution in [0.4, 0.5) is 13.2 Å². The van der Waals surface area contributed by atoms with Crippen LogP contribution >= 0.6 is 0 Å². The molecule has 0 aromatic heterocycles. The Morgan fingerprint density at radius 3 is 2.77 bits per heavy atom. The molecule has 0 unspecified atom stereocenters. The summed E-state index contributed by atoms with van der Waals surface area (Å²) in [6.07, 6.45) is -2.58. The highest BCUT2D eigenvalue weighted by molar-refractivity contribution is 5.77. The number of nitrogens with zero attached hydrogens (tertiary/aromatic N) is 1. The van der Waals surface area contributed by atoms with Crippen molar-refractivity contribution in [2.45, 2.75) is 38.1 Å². The Morgan fingerprint density at radius 1 is 1.36 bits per heavy atom. The fourth-order valence-corrected chi connectivity index (χ4v) is 2.73. The second kappa shape index (κ2) is 7.00. The van der Waals surface area contributed by atoms with E-state index >= 15 is 0 Å². The Bertz CT molecular complexity index is 520. The predicted octanol–water partition coefficient (Wildman–Crippen LogP) is 2.47. The number of carbonyl (C=O) groups excluding carboxylic acids is 1. The monoisotopic (exact) mass is 316 g/mol. The van der Waals surface area contributed by atoms with Crippen LogP contribution in [0.2, 0.25) is 0 Å². The number of alkyl halides is 3. The molecule has 122 valence electrons. The van der Waals surface area contributed by atoms with Crippen LogP contribution in [0.25, 0.3) is 0 Å². The zero-order chi connectivity index (χ0) is 16.2. The Kier molecular flexibility index (Phi) is 5.28. The first-order valence-electron chi connectivity index (χ1n) is 7.24. The number of ether oxygens (including phenoxy) is 1. The quantitative estimate of drug-likeness (QED) is 0.908. The average Bonchev–Trinajstić information content (AvgIpc) is 2.93. The van der Waals surface area contributed by atoms with Gasteiger partial charge in [-0.1, -0.05) is 18.2 Å². The second-order valence-corrected chi connectivity index (χ2v) is 5.27. The molecule has 1 aliphatic heterocycles. The largest absolute Gasteiger partial charge is 0.573 e. The zero-order valence-electron chi connectivity index (χ0n) is 12.1. The molecule has 1 atom stereocenters. The third-order valence-corrected chi connectivity index (χ3v) is 3.78. The maximum Gasteiger partial charge on any atom is 0.573 e. The van der Waals surface area contributed by atoms with Gasteiger partial charge in [0.25, 0.3) is 0 Å². The number of aryl methyl sites for hydroxylation is 1. The van der Waals surface area contributed by atoms with E-state index in [1.807, 2.05) is 0 Å². The summed E-state index contributed by atoms with van der Waals surface area (Å²) in [6, 6.07) is 5.94. The van der Waals surface area contributed by atoms with E-state index in [-0.39, 0.29) is 30.5 Å². The van der Waals surface area contributed by atoms with Crippen LogP contribution in [0.5, 0.6) is 5.75 Å². The lowest BCUT2D eigenvalue weighted by Gasteiger charge is -2.23. The zero-order valence-corrected chi connectivity index (χ0v) is 12.1. The summed E-state index contributed by atoms with van der Waals surface area (Å²) in [5.41, 5.74) is 6.00. The number of para-hydroxylation sites is 1. The molecule has 0 radical (unpaired) electrons. The van der Waals surface area contributed by atoms with Crippen molar-refractivity contribution in [1.82, 2.24) is 4.90 Å². The van der Waals surface area contributed by atoms with Gasteiger partial charge < -0.3 is 15.4 Å². The molecule has 1 amide bonds. The maximum absolute atomic E-state index is 12.4. The molecule has 2 N–H and O–H groups in total. The minimum atomic E-state index is -4.74. The summed E-state index contributed by atoms with van der Waals surface area (Å²) < 4.78 is 41.0. The maximum atomic E-state index is 12.4. The molecule has 0 aliphatic carbocycles. The first kappa shape index (κ1) is 16.6. The summed E-state index contributed by atoms with van der Waals surface area (Å²) in [5.74, 6) is -0.325. The smallest absolute Gasteiger partial charge is 0.406 e. The number of likely N-dealkylation sites (tertiary alicyclic amines) is 1. The first-order valence-corrected chi connectivity index (χ1v) is 7.24. The van der Waals surface area contributed by atoms with Gasteiger partial charge in [-0.15, -0.1) is 13.2 Å². The van der Waals surface area contributed by atoms with Crippen LogP contribution in [0.3, 0.4) is 0 Å². The van der Waals surface area contributed by atoms with Crippen LogP contribution < -0.4 is 10.5 Å². The normalized spacial score (nSPS) is 18.5. The molecular formula is C15H19F3N2O2.